The number of carbonyl (C=O) groups is 2. The van der Waals surface area contributed by atoms with E-state index in [4.69, 9.17) is 4.42 Å². The van der Waals surface area contributed by atoms with Gasteiger partial charge in [0.2, 0.25) is 5.91 Å². The third-order valence-electron chi connectivity index (χ3n) is 4.72. The molecule has 0 saturated carbocycles. The minimum atomic E-state index is -0.0617. The number of carbonyl (C=O) groups excluding carboxylic acids is 2. The first-order chi connectivity index (χ1) is 12.6. The Balaban J connectivity index is 1.39. The van der Waals surface area contributed by atoms with Gasteiger partial charge in [0, 0.05) is 52.7 Å². The first-order valence-corrected chi connectivity index (χ1v) is 8.96. The predicted molar refractivity (Wildman–Crippen MR) is 98.6 cm³/mol. The summed E-state index contributed by atoms with van der Waals surface area (Å²) in [5.41, 5.74) is 1.13. The average molecular weight is 355 g/mol. The van der Waals surface area contributed by atoms with E-state index in [1.807, 2.05) is 37.4 Å². The van der Waals surface area contributed by atoms with Crippen LogP contribution in [0.3, 0.4) is 0 Å². The van der Waals surface area contributed by atoms with Crippen molar-refractivity contribution in [2.24, 2.45) is 0 Å². The molecule has 0 atom stereocenters. The number of hydrogen-bond acceptors (Lipinski definition) is 4. The molecule has 1 fully saturated rings. The van der Waals surface area contributed by atoms with Crippen molar-refractivity contribution in [1.82, 2.24) is 14.7 Å². The van der Waals surface area contributed by atoms with Gasteiger partial charge < -0.3 is 14.2 Å². The largest absolute Gasteiger partial charge is 0.459 e. The van der Waals surface area contributed by atoms with E-state index in [-0.39, 0.29) is 11.8 Å². The molecule has 1 saturated heterocycles. The van der Waals surface area contributed by atoms with Gasteiger partial charge in [0.15, 0.2) is 5.76 Å². The first-order valence-electron chi connectivity index (χ1n) is 8.96. The number of furan rings is 1. The van der Waals surface area contributed by atoms with Crippen LogP contribution in [0.4, 0.5) is 0 Å². The van der Waals surface area contributed by atoms with Crippen LogP contribution in [0, 0.1) is 0 Å². The molecule has 0 aliphatic carbocycles. The van der Waals surface area contributed by atoms with Crippen LogP contribution < -0.4 is 0 Å². The van der Waals surface area contributed by atoms with Crippen molar-refractivity contribution in [3.8, 4) is 0 Å². The van der Waals surface area contributed by atoms with Crippen LogP contribution in [0.2, 0.25) is 0 Å². The van der Waals surface area contributed by atoms with E-state index < -0.39 is 0 Å². The predicted octanol–water partition coefficient (Wildman–Crippen LogP) is 2.09. The molecule has 3 rings (SSSR count). The van der Waals surface area contributed by atoms with Crippen molar-refractivity contribution < 1.29 is 14.0 Å². The zero-order valence-electron chi connectivity index (χ0n) is 15.1. The summed E-state index contributed by atoms with van der Waals surface area (Å²) in [6.07, 6.45) is 2.01. The Kier molecular flexibility index (Phi) is 6.07. The van der Waals surface area contributed by atoms with Crippen molar-refractivity contribution in [1.29, 1.82) is 0 Å². The Morgan fingerprint density at radius 2 is 1.77 bits per heavy atom. The van der Waals surface area contributed by atoms with Crippen LogP contribution in [0.5, 0.6) is 0 Å². The summed E-state index contributed by atoms with van der Waals surface area (Å²) < 4.78 is 5.17. The van der Waals surface area contributed by atoms with Crippen molar-refractivity contribution in [2.75, 3.05) is 39.8 Å². The van der Waals surface area contributed by atoms with Crippen LogP contribution in [0.25, 0.3) is 0 Å². The zero-order valence-corrected chi connectivity index (χ0v) is 15.1. The zero-order chi connectivity index (χ0) is 18.4. The fourth-order valence-corrected chi connectivity index (χ4v) is 3.12. The fraction of sp³-hybridized carbons (Fsp3) is 0.400. The monoisotopic (exact) mass is 355 g/mol. The molecule has 6 heteroatoms. The first kappa shape index (κ1) is 18.2. The standard InChI is InChI=1S/C20H25N3O3/c1-21(16-17-6-3-2-4-7-17)19(24)9-10-22-11-13-23(14-12-22)20(25)18-8-5-15-26-18/h2-8,15H,9-14,16H2,1H3. The van der Waals surface area contributed by atoms with Gasteiger partial charge in [-0.2, -0.15) is 0 Å². The van der Waals surface area contributed by atoms with Gasteiger partial charge >= 0.3 is 0 Å². The number of hydrogen-bond donors (Lipinski definition) is 0. The maximum absolute atomic E-state index is 12.3. The van der Waals surface area contributed by atoms with Gasteiger partial charge in [-0.05, 0) is 17.7 Å². The Morgan fingerprint density at radius 3 is 2.42 bits per heavy atom. The molecule has 2 heterocycles. The van der Waals surface area contributed by atoms with Gasteiger partial charge in [-0.3, -0.25) is 14.5 Å². The summed E-state index contributed by atoms with van der Waals surface area (Å²) in [4.78, 5) is 30.4. The second-order valence-corrected chi connectivity index (χ2v) is 6.60. The van der Waals surface area contributed by atoms with Crippen molar-refractivity contribution in [3.63, 3.8) is 0 Å². The van der Waals surface area contributed by atoms with Crippen molar-refractivity contribution in [3.05, 3.63) is 60.1 Å². The summed E-state index contributed by atoms with van der Waals surface area (Å²) in [5, 5.41) is 0. The molecule has 2 aromatic rings. The smallest absolute Gasteiger partial charge is 0.289 e. The van der Waals surface area contributed by atoms with Crippen LogP contribution in [-0.4, -0.2) is 66.3 Å². The van der Waals surface area contributed by atoms with Gasteiger partial charge in [-0.1, -0.05) is 30.3 Å². The minimum Gasteiger partial charge on any atom is -0.459 e. The summed E-state index contributed by atoms with van der Waals surface area (Å²) in [6.45, 7) is 4.23. The Morgan fingerprint density at radius 1 is 1.04 bits per heavy atom. The minimum absolute atomic E-state index is 0.0617. The van der Waals surface area contributed by atoms with E-state index in [2.05, 4.69) is 4.90 Å². The molecule has 2 amide bonds. The average Bonchev–Trinajstić information content (AvgIpc) is 3.21. The lowest BCUT2D eigenvalue weighted by atomic mass is 10.2. The lowest BCUT2D eigenvalue weighted by Gasteiger charge is -2.34. The second-order valence-electron chi connectivity index (χ2n) is 6.60. The quantitative estimate of drug-likeness (QED) is 0.796. The Hall–Kier alpha value is -2.60. The third kappa shape index (κ3) is 4.73. The van der Waals surface area contributed by atoms with Crippen molar-refractivity contribution in [2.45, 2.75) is 13.0 Å². The number of rotatable bonds is 6. The molecule has 138 valence electrons. The van der Waals surface area contributed by atoms with Gasteiger partial charge in [-0.25, -0.2) is 0 Å². The molecule has 0 N–H and O–H groups in total. The number of amides is 2. The molecule has 0 spiro atoms. The molecule has 0 bridgehead atoms. The highest BCUT2D eigenvalue weighted by Gasteiger charge is 2.24. The number of piperazine rings is 1. The van der Waals surface area contributed by atoms with Crippen LogP contribution in [0.1, 0.15) is 22.5 Å². The maximum Gasteiger partial charge on any atom is 0.289 e. The number of nitrogens with zero attached hydrogens (tertiary/aromatic N) is 3. The van der Waals surface area contributed by atoms with Gasteiger partial charge in [-0.15, -0.1) is 0 Å². The summed E-state index contributed by atoms with van der Waals surface area (Å²) >= 11 is 0. The van der Waals surface area contributed by atoms with E-state index in [1.54, 1.807) is 21.9 Å². The molecule has 6 nitrogen and oxygen atoms in total. The SMILES string of the molecule is CN(Cc1ccccc1)C(=O)CCN1CCN(C(=O)c2ccco2)CC1. The Labute approximate surface area is 154 Å². The molecule has 0 radical (unpaired) electrons. The fourth-order valence-electron chi connectivity index (χ4n) is 3.12. The molecule has 1 aromatic carbocycles. The van der Waals surface area contributed by atoms with E-state index in [0.29, 0.717) is 31.8 Å². The van der Waals surface area contributed by atoms with Gasteiger partial charge in [0.05, 0.1) is 6.26 Å². The highest BCUT2D eigenvalue weighted by atomic mass is 16.3. The lowest BCUT2D eigenvalue weighted by Crippen LogP contribution is -2.49. The van der Waals surface area contributed by atoms with Crippen LogP contribution >= 0.6 is 0 Å². The molecular weight excluding hydrogens is 330 g/mol. The van der Waals surface area contributed by atoms with Gasteiger partial charge in [0.1, 0.15) is 0 Å². The van der Waals surface area contributed by atoms with Gasteiger partial charge in [0.25, 0.3) is 5.91 Å². The van der Waals surface area contributed by atoms with E-state index in [0.717, 1.165) is 25.2 Å². The van der Waals surface area contributed by atoms with Crippen LogP contribution in [0.15, 0.2) is 53.1 Å². The highest BCUT2D eigenvalue weighted by molar-refractivity contribution is 5.91. The summed E-state index contributed by atoms with van der Waals surface area (Å²) in [7, 11) is 1.84. The van der Waals surface area contributed by atoms with Crippen LogP contribution in [-0.2, 0) is 11.3 Å². The molecule has 0 unspecified atom stereocenters. The third-order valence-corrected chi connectivity index (χ3v) is 4.72. The molecule has 1 aliphatic heterocycles. The van der Waals surface area contributed by atoms with E-state index >= 15 is 0 Å². The molecule has 26 heavy (non-hydrogen) atoms. The summed E-state index contributed by atoms with van der Waals surface area (Å²) in [6, 6.07) is 13.4. The Bertz CT molecular complexity index is 707. The van der Waals surface area contributed by atoms with E-state index in [1.165, 1.54) is 6.26 Å². The van der Waals surface area contributed by atoms with Crippen molar-refractivity contribution >= 4 is 11.8 Å². The topological polar surface area (TPSA) is 57.0 Å². The molecule has 1 aliphatic rings. The second kappa shape index (κ2) is 8.67. The number of benzene rings is 1. The maximum atomic E-state index is 12.3. The molecular formula is C20H25N3O3. The molecule has 1 aromatic heterocycles. The highest BCUT2D eigenvalue weighted by Crippen LogP contribution is 2.10. The summed E-state index contributed by atoms with van der Waals surface area (Å²) in [5.74, 6) is 0.465. The lowest BCUT2D eigenvalue weighted by molar-refractivity contribution is -0.130. The van der Waals surface area contributed by atoms with E-state index in [9.17, 15) is 9.59 Å². The normalized spacial score (nSPS) is 15.0.